The third-order valence-electron chi connectivity index (χ3n) is 6.01. The van der Waals surface area contributed by atoms with Crippen molar-refractivity contribution in [3.05, 3.63) is 76.1 Å². The molecule has 0 aliphatic carbocycles. The van der Waals surface area contributed by atoms with Gasteiger partial charge in [-0.2, -0.15) is 0 Å². The van der Waals surface area contributed by atoms with Crippen molar-refractivity contribution < 1.29 is 14.1 Å². The van der Waals surface area contributed by atoms with Gasteiger partial charge in [-0.05, 0) is 54.7 Å². The van der Waals surface area contributed by atoms with Crippen molar-refractivity contribution in [1.29, 1.82) is 0 Å². The first-order valence-corrected chi connectivity index (χ1v) is 10.2. The molecule has 0 bridgehead atoms. The smallest absolute Gasteiger partial charge is 0.269 e. The molecule has 0 aromatic heterocycles. The van der Waals surface area contributed by atoms with Crippen LogP contribution in [0.1, 0.15) is 24.8 Å². The third kappa shape index (κ3) is 4.35. The number of piperidine rings is 1. The van der Waals surface area contributed by atoms with Gasteiger partial charge in [-0.25, -0.2) is 4.39 Å². The van der Waals surface area contributed by atoms with Gasteiger partial charge in [-0.1, -0.05) is 18.2 Å². The quantitative estimate of drug-likeness (QED) is 0.559. The fourth-order valence-electron chi connectivity index (χ4n) is 4.22. The van der Waals surface area contributed by atoms with Gasteiger partial charge >= 0.3 is 0 Å². The van der Waals surface area contributed by atoms with E-state index in [2.05, 4.69) is 11.0 Å². The summed E-state index contributed by atoms with van der Waals surface area (Å²) in [6.45, 7) is 2.80. The number of halogens is 1. The predicted molar refractivity (Wildman–Crippen MR) is 114 cm³/mol. The summed E-state index contributed by atoms with van der Waals surface area (Å²) in [5, 5.41) is 10.8. The zero-order chi connectivity index (χ0) is 21.1. The van der Waals surface area contributed by atoms with Crippen LogP contribution in [0.15, 0.2) is 54.6 Å². The van der Waals surface area contributed by atoms with E-state index in [1.807, 2.05) is 4.90 Å². The molecule has 0 N–H and O–H groups in total. The van der Waals surface area contributed by atoms with E-state index in [1.165, 1.54) is 24.3 Å². The maximum atomic E-state index is 13.1. The number of rotatable bonds is 4. The molecule has 0 radical (unpaired) electrons. The topological polar surface area (TPSA) is 66.7 Å². The van der Waals surface area contributed by atoms with Crippen LogP contribution >= 0.6 is 0 Å². The summed E-state index contributed by atoms with van der Waals surface area (Å²) >= 11 is 0. The lowest BCUT2D eigenvalue weighted by Gasteiger charge is -2.36. The van der Waals surface area contributed by atoms with Gasteiger partial charge in [-0.15, -0.1) is 0 Å². The summed E-state index contributed by atoms with van der Waals surface area (Å²) in [6.07, 6.45) is 4.40. The highest BCUT2D eigenvalue weighted by Crippen LogP contribution is 2.28. The third-order valence-corrected chi connectivity index (χ3v) is 6.01. The monoisotopic (exact) mass is 409 g/mol. The van der Waals surface area contributed by atoms with Crippen LogP contribution in [0.25, 0.3) is 5.57 Å². The molecule has 0 spiro atoms. The number of hydrogen-bond donors (Lipinski definition) is 0. The van der Waals surface area contributed by atoms with Gasteiger partial charge in [0.25, 0.3) is 5.69 Å². The lowest BCUT2D eigenvalue weighted by atomic mass is 9.93. The van der Waals surface area contributed by atoms with Crippen molar-refractivity contribution in [2.75, 3.05) is 31.1 Å². The van der Waals surface area contributed by atoms with E-state index in [1.54, 1.807) is 24.3 Å². The molecule has 1 amide bonds. The second-order valence-electron chi connectivity index (χ2n) is 7.81. The van der Waals surface area contributed by atoms with E-state index in [0.29, 0.717) is 13.1 Å². The van der Waals surface area contributed by atoms with Crippen LogP contribution in [-0.2, 0) is 4.79 Å². The first-order chi connectivity index (χ1) is 14.5. The molecule has 0 saturated carbocycles. The van der Waals surface area contributed by atoms with Crippen molar-refractivity contribution in [2.24, 2.45) is 5.92 Å². The summed E-state index contributed by atoms with van der Waals surface area (Å²) in [4.78, 5) is 27.5. The van der Waals surface area contributed by atoms with E-state index in [9.17, 15) is 19.3 Å². The summed E-state index contributed by atoms with van der Waals surface area (Å²) < 4.78 is 13.1. The zero-order valence-electron chi connectivity index (χ0n) is 16.7. The molecule has 1 saturated heterocycles. The molecule has 1 fully saturated rings. The van der Waals surface area contributed by atoms with Crippen LogP contribution in [0.2, 0.25) is 0 Å². The molecule has 0 unspecified atom stereocenters. The van der Waals surface area contributed by atoms with Crippen LogP contribution in [0.3, 0.4) is 0 Å². The average molecular weight is 409 g/mol. The zero-order valence-corrected chi connectivity index (χ0v) is 16.7. The summed E-state index contributed by atoms with van der Waals surface area (Å²) in [5.41, 5.74) is 3.21. The Morgan fingerprint density at radius 2 is 1.67 bits per heavy atom. The van der Waals surface area contributed by atoms with Crippen LogP contribution in [0, 0.1) is 21.8 Å². The Bertz CT molecular complexity index is 949. The summed E-state index contributed by atoms with van der Waals surface area (Å²) in [7, 11) is 0. The molecule has 2 aromatic carbocycles. The Kier molecular flexibility index (Phi) is 5.79. The van der Waals surface area contributed by atoms with Crippen LogP contribution in [-0.4, -0.2) is 41.9 Å². The molecule has 6 nitrogen and oxygen atoms in total. The van der Waals surface area contributed by atoms with Crippen LogP contribution < -0.4 is 4.90 Å². The van der Waals surface area contributed by atoms with E-state index in [-0.39, 0.29) is 23.3 Å². The maximum absolute atomic E-state index is 13.1. The van der Waals surface area contributed by atoms with Gasteiger partial charge in [-0.3, -0.25) is 14.9 Å². The van der Waals surface area contributed by atoms with Gasteiger partial charge in [0.15, 0.2) is 0 Å². The molecule has 2 aromatic rings. The molecular weight excluding hydrogens is 385 g/mol. The number of amides is 1. The van der Waals surface area contributed by atoms with E-state index >= 15 is 0 Å². The Labute approximate surface area is 174 Å². The van der Waals surface area contributed by atoms with Gasteiger partial charge in [0.2, 0.25) is 5.91 Å². The predicted octanol–water partition coefficient (Wildman–Crippen LogP) is 4.27. The minimum Gasteiger partial charge on any atom is -0.371 e. The van der Waals surface area contributed by atoms with E-state index in [0.717, 1.165) is 49.2 Å². The number of hydrogen-bond acceptors (Lipinski definition) is 4. The van der Waals surface area contributed by atoms with Crippen molar-refractivity contribution in [1.82, 2.24) is 4.90 Å². The highest BCUT2D eigenvalue weighted by atomic mass is 19.1. The van der Waals surface area contributed by atoms with Gasteiger partial charge < -0.3 is 9.80 Å². The SMILES string of the molecule is O=C(C1CCN(c2ccc([N+](=O)[O-])cc2)CC1)N1CC=C(c2ccc(F)cc2)CC1. The normalized spacial score (nSPS) is 17.6. The Hall–Kier alpha value is -3.22. The summed E-state index contributed by atoms with van der Waals surface area (Å²) in [5.74, 6) is -0.0279. The van der Waals surface area contributed by atoms with Gasteiger partial charge in [0.1, 0.15) is 5.82 Å². The largest absolute Gasteiger partial charge is 0.371 e. The molecule has 0 atom stereocenters. The van der Waals surface area contributed by atoms with Crippen molar-refractivity contribution in [3.63, 3.8) is 0 Å². The number of carbonyl (C=O) groups is 1. The van der Waals surface area contributed by atoms with E-state index in [4.69, 9.17) is 0 Å². The minimum absolute atomic E-state index is 0.0140. The first kappa shape index (κ1) is 20.1. The number of nitrogens with zero attached hydrogens (tertiary/aromatic N) is 3. The number of carbonyl (C=O) groups excluding carboxylic acids is 1. The number of non-ortho nitro benzene ring substituents is 1. The van der Waals surface area contributed by atoms with Crippen LogP contribution in [0.5, 0.6) is 0 Å². The Balaban J connectivity index is 1.31. The first-order valence-electron chi connectivity index (χ1n) is 10.2. The molecule has 2 aliphatic heterocycles. The molecule has 156 valence electrons. The highest BCUT2D eigenvalue weighted by molar-refractivity contribution is 5.81. The molecule has 4 rings (SSSR count). The molecule has 30 heavy (non-hydrogen) atoms. The standard InChI is InChI=1S/C23H24FN3O3/c24-20-3-1-17(2-4-20)18-9-15-26(16-10-18)23(28)19-11-13-25(14-12-19)21-5-7-22(8-6-21)27(29)30/h1-9,19H,10-16H2. The number of nitro benzene ring substituents is 1. The summed E-state index contributed by atoms with van der Waals surface area (Å²) in [6, 6.07) is 13.1. The highest BCUT2D eigenvalue weighted by Gasteiger charge is 2.29. The second-order valence-corrected chi connectivity index (χ2v) is 7.81. The number of nitro groups is 1. The number of benzene rings is 2. The Morgan fingerprint density at radius 1 is 1.00 bits per heavy atom. The lowest BCUT2D eigenvalue weighted by molar-refractivity contribution is -0.384. The maximum Gasteiger partial charge on any atom is 0.269 e. The van der Waals surface area contributed by atoms with Gasteiger partial charge in [0.05, 0.1) is 4.92 Å². The fraction of sp³-hybridized carbons (Fsp3) is 0.348. The van der Waals surface area contributed by atoms with Crippen molar-refractivity contribution >= 4 is 22.9 Å². The molecule has 7 heteroatoms. The molecular formula is C23H24FN3O3. The number of anilines is 1. The average Bonchev–Trinajstić information content (AvgIpc) is 2.79. The van der Waals surface area contributed by atoms with E-state index < -0.39 is 4.92 Å². The van der Waals surface area contributed by atoms with Gasteiger partial charge in [0, 0.05) is 49.9 Å². The van der Waals surface area contributed by atoms with Crippen molar-refractivity contribution in [3.8, 4) is 0 Å². The van der Waals surface area contributed by atoms with Crippen LogP contribution in [0.4, 0.5) is 15.8 Å². The minimum atomic E-state index is -0.400. The lowest BCUT2D eigenvalue weighted by Crippen LogP contribution is -2.44. The van der Waals surface area contributed by atoms with Crippen molar-refractivity contribution in [2.45, 2.75) is 19.3 Å². The fourth-order valence-corrected chi connectivity index (χ4v) is 4.22. The molecule has 2 heterocycles. The second kappa shape index (κ2) is 8.65. The Morgan fingerprint density at radius 3 is 2.23 bits per heavy atom. The molecule has 2 aliphatic rings.